The minimum absolute atomic E-state index is 0.147. The van der Waals surface area contributed by atoms with Crippen LogP contribution >= 0.6 is 70.1 Å². The summed E-state index contributed by atoms with van der Waals surface area (Å²) in [7, 11) is 5.82. The van der Waals surface area contributed by atoms with E-state index in [-0.39, 0.29) is 35.8 Å². The number of likely N-dealkylation sites (N-methyl/N-ethyl adjacent to an activating group) is 3. The van der Waals surface area contributed by atoms with Gasteiger partial charge >= 0.3 is 0 Å². The molecule has 0 bridgehead atoms. The van der Waals surface area contributed by atoms with Gasteiger partial charge in [0.25, 0.3) is 0 Å². The van der Waals surface area contributed by atoms with Crippen LogP contribution in [0.4, 0.5) is 0 Å². The molecule has 27 atom stereocenters. The number of nitrogens with one attached hydrogen (secondary N) is 3. The van der Waals surface area contributed by atoms with Crippen LogP contribution in [0.25, 0.3) is 0 Å². The number of rotatable bonds is 21. The van der Waals surface area contributed by atoms with Gasteiger partial charge in [-0.2, -0.15) is 0 Å². The van der Waals surface area contributed by atoms with Gasteiger partial charge in [0, 0.05) is 19.6 Å². The minimum Gasteiger partial charge on any atom is -0.388 e. The summed E-state index contributed by atoms with van der Waals surface area (Å²) in [5.74, 6) is 1.05. The summed E-state index contributed by atoms with van der Waals surface area (Å²) in [5, 5.41) is 99.1. The summed E-state index contributed by atoms with van der Waals surface area (Å²) >= 11 is 22.6. The number of aliphatic hydroxyl groups excluding tert-OH is 9. The summed E-state index contributed by atoms with van der Waals surface area (Å²) in [6, 6.07) is -2.80. The van der Waals surface area contributed by atoms with Crippen molar-refractivity contribution in [3.05, 3.63) is 0 Å². The van der Waals surface area contributed by atoms with Gasteiger partial charge in [-0.15, -0.1) is 70.1 Å². The topological polar surface area (TPSA) is 307 Å². The first-order chi connectivity index (χ1) is 38.1. The van der Waals surface area contributed by atoms with E-state index in [0.717, 1.165) is 77.4 Å². The van der Waals surface area contributed by atoms with Crippen LogP contribution in [0.1, 0.15) is 99.3 Å². The van der Waals surface area contributed by atoms with E-state index in [9.17, 15) is 60.3 Å². The highest BCUT2D eigenvalue weighted by Gasteiger charge is 2.52. The standard InChI is InChI=1S/3C18H33ClN2O5S/c3*1-5-6-10-7-11(21(3)8-10)17(25)20-12(9(2)19)16-14(23)13(22)15(24)18(26-16)27-4/h3*9-16,18,22-24H,5-8H2,1-4H3,(H,20,25)/t9?,10-,11+,12?,13+,14-,15-,16-,18-;2*9-,10+,11-,12+,13-,14+,15+,16+,18+/m100/s1. The molecule has 0 saturated carbocycles. The van der Waals surface area contributed by atoms with Crippen molar-refractivity contribution in [1.29, 1.82) is 0 Å². The van der Waals surface area contributed by atoms with E-state index in [1.54, 1.807) is 39.5 Å². The Morgan fingerprint density at radius 2 is 0.667 bits per heavy atom. The molecule has 6 heterocycles. The Morgan fingerprint density at radius 1 is 0.444 bits per heavy atom. The third kappa shape index (κ3) is 19.1. The number of carbonyl (C=O) groups is 3. The second kappa shape index (κ2) is 34.5. The molecule has 12 N–H and O–H groups in total. The predicted octanol–water partition coefficient (Wildman–Crippen LogP) is 1.17. The Labute approximate surface area is 508 Å². The van der Waals surface area contributed by atoms with Crippen LogP contribution in [-0.4, -0.2) is 280 Å². The first kappa shape index (κ1) is 73.2. The normalized spacial score (nSPS) is 39.9. The number of nitrogens with zero attached hydrogens (tertiary/aromatic N) is 3. The van der Waals surface area contributed by atoms with Crippen molar-refractivity contribution in [2.45, 2.75) is 241 Å². The zero-order chi connectivity index (χ0) is 60.9. The van der Waals surface area contributed by atoms with Crippen molar-refractivity contribution in [3.8, 4) is 0 Å². The first-order valence-corrected chi connectivity index (χ1v) is 33.9. The van der Waals surface area contributed by atoms with Gasteiger partial charge in [-0.3, -0.25) is 29.1 Å². The second-order valence-corrected chi connectivity index (χ2v) is 28.1. The molecule has 474 valence electrons. The predicted molar refractivity (Wildman–Crippen MR) is 321 cm³/mol. The number of amides is 3. The van der Waals surface area contributed by atoms with Gasteiger partial charge in [0.2, 0.25) is 17.7 Å². The van der Waals surface area contributed by atoms with Gasteiger partial charge in [-0.25, -0.2) is 0 Å². The lowest BCUT2D eigenvalue weighted by Gasteiger charge is -2.44. The minimum atomic E-state index is -1.36. The van der Waals surface area contributed by atoms with Crippen molar-refractivity contribution in [2.24, 2.45) is 17.8 Å². The third-order valence-electron chi connectivity index (χ3n) is 16.9. The Morgan fingerprint density at radius 3 is 0.852 bits per heavy atom. The van der Waals surface area contributed by atoms with E-state index in [4.69, 9.17) is 49.0 Å². The van der Waals surface area contributed by atoms with Crippen molar-refractivity contribution in [3.63, 3.8) is 0 Å². The molecule has 6 aliphatic heterocycles. The average Bonchev–Trinajstić information content (AvgIpc) is 4.21. The van der Waals surface area contributed by atoms with Crippen LogP contribution in [0, 0.1) is 17.8 Å². The fourth-order valence-electron chi connectivity index (χ4n) is 12.3. The van der Waals surface area contributed by atoms with Gasteiger partial charge in [0.05, 0.1) is 52.4 Å². The molecule has 27 heteroatoms. The highest BCUT2D eigenvalue weighted by Crippen LogP contribution is 2.35. The summed E-state index contributed by atoms with van der Waals surface area (Å²) in [6.07, 6.45) is -0.294. The van der Waals surface area contributed by atoms with E-state index in [2.05, 4.69) is 36.7 Å². The van der Waals surface area contributed by atoms with Crippen LogP contribution in [0.5, 0.6) is 0 Å². The molecule has 6 rings (SSSR count). The smallest absolute Gasteiger partial charge is 0.237 e. The number of alkyl halides is 3. The van der Waals surface area contributed by atoms with E-state index < -0.39 is 124 Å². The molecule has 81 heavy (non-hydrogen) atoms. The maximum atomic E-state index is 12.9. The van der Waals surface area contributed by atoms with Crippen molar-refractivity contribution in [2.75, 3.05) is 59.5 Å². The lowest BCUT2D eigenvalue weighted by molar-refractivity contribution is -0.205. The molecule has 6 fully saturated rings. The molecular formula is C54H99Cl3N6O15S3. The van der Waals surface area contributed by atoms with Crippen molar-refractivity contribution < 1.29 is 74.6 Å². The summed E-state index contributed by atoms with van der Waals surface area (Å²) in [5.41, 5.74) is -2.11. The Hall–Kier alpha value is -0.270. The maximum Gasteiger partial charge on any atom is 0.237 e. The molecule has 0 aromatic rings. The molecule has 2 unspecified atom stereocenters. The summed E-state index contributed by atoms with van der Waals surface area (Å²) in [6.45, 7) is 14.2. The second-order valence-electron chi connectivity index (χ2n) is 23.2. The van der Waals surface area contributed by atoms with E-state index in [1.165, 1.54) is 35.3 Å². The number of thioether (sulfide) groups is 3. The Kier molecular flexibility index (Phi) is 31.2. The van der Waals surface area contributed by atoms with Crippen molar-refractivity contribution in [1.82, 2.24) is 30.7 Å². The zero-order valence-corrected chi connectivity index (χ0v) is 54.0. The fraction of sp³-hybridized carbons (Fsp3) is 0.944. The monoisotopic (exact) mass is 1270 g/mol. The van der Waals surface area contributed by atoms with Gasteiger partial charge in [0.1, 0.15) is 89.6 Å². The van der Waals surface area contributed by atoms with Gasteiger partial charge < -0.3 is 76.1 Å². The molecule has 6 aliphatic rings. The molecule has 0 spiro atoms. The van der Waals surface area contributed by atoms with E-state index in [1.807, 2.05) is 35.8 Å². The van der Waals surface area contributed by atoms with Gasteiger partial charge in [0.15, 0.2) is 0 Å². The van der Waals surface area contributed by atoms with Gasteiger partial charge in [-0.1, -0.05) is 40.0 Å². The number of halogens is 3. The number of ether oxygens (including phenoxy) is 3. The van der Waals surface area contributed by atoms with Crippen LogP contribution in [-0.2, 0) is 28.6 Å². The molecular weight excluding hydrogens is 1180 g/mol. The van der Waals surface area contributed by atoms with Crippen LogP contribution in [0.3, 0.4) is 0 Å². The Bertz CT molecular complexity index is 1700. The number of hydrogen-bond acceptors (Lipinski definition) is 21. The summed E-state index contributed by atoms with van der Waals surface area (Å²) < 4.78 is 17.4. The largest absolute Gasteiger partial charge is 0.388 e. The van der Waals surface area contributed by atoms with Crippen molar-refractivity contribution >= 4 is 87.8 Å². The van der Waals surface area contributed by atoms with E-state index >= 15 is 0 Å². The lowest BCUT2D eigenvalue weighted by Crippen LogP contribution is -2.65. The van der Waals surface area contributed by atoms with Gasteiger partial charge in [-0.05, 0) is 117 Å². The molecule has 0 aromatic carbocycles. The number of hydrogen-bond donors (Lipinski definition) is 12. The zero-order valence-electron chi connectivity index (χ0n) is 49.2. The number of aliphatic hydroxyl groups is 9. The Balaban J connectivity index is 0.000000261. The molecule has 6 saturated heterocycles. The highest BCUT2D eigenvalue weighted by atomic mass is 35.5. The quantitative estimate of drug-likeness (QED) is 0.0718. The molecule has 3 amide bonds. The first-order valence-electron chi connectivity index (χ1n) is 28.7. The fourth-order valence-corrected chi connectivity index (χ4v) is 15.0. The molecule has 21 nitrogen and oxygen atoms in total. The van der Waals surface area contributed by atoms with Crippen LogP contribution in [0.15, 0.2) is 0 Å². The molecule has 0 radical (unpaired) electrons. The van der Waals surface area contributed by atoms with Crippen LogP contribution in [0.2, 0.25) is 0 Å². The SMILES string of the molecule is CCC[C@@H]1C[C@@H](C(=O)NC(C(C)Cl)[C@H]2O[C@H](SC)[C@H](O)[C@@H](O)[C@H]2O)N(C)C1.CCC[C@@H]1C[C@@H](C(=O)N[C@@H]([C@H]2O[C@H](SC)[C@H](O)[C@@H](O)[C@H]2O)[C@H](C)Cl)N(C)C1.CCC[C@@H]1C[C@@H](C(=O)N[C@@H]([C@H]2O[C@H](SC)[C@H](O)[C@@H](O)[C@H]2O)[C@H](C)Cl)N(C)C1. The number of carbonyl (C=O) groups excluding carboxylic acids is 3. The lowest BCUT2D eigenvalue weighted by atomic mass is 9.92. The molecule has 0 aliphatic carbocycles. The van der Waals surface area contributed by atoms with Crippen LogP contribution < -0.4 is 16.0 Å². The number of likely N-dealkylation sites (tertiary alicyclic amines) is 3. The highest BCUT2D eigenvalue weighted by molar-refractivity contribution is 7.99. The van der Waals surface area contributed by atoms with E-state index in [0.29, 0.717) is 17.8 Å². The maximum absolute atomic E-state index is 12.9. The average molecular weight is 1270 g/mol. The third-order valence-corrected chi connectivity index (χ3v) is 20.3. The molecule has 0 aromatic heterocycles. The summed E-state index contributed by atoms with van der Waals surface area (Å²) in [4.78, 5) is 44.8.